The van der Waals surface area contributed by atoms with Gasteiger partial charge in [0.2, 0.25) is 0 Å². The lowest BCUT2D eigenvalue weighted by Gasteiger charge is -2.23. The highest BCUT2D eigenvalue weighted by Crippen LogP contribution is 2.20. The number of hydrogen-bond donors (Lipinski definition) is 1. The van der Waals surface area contributed by atoms with E-state index in [1.807, 2.05) is 0 Å². The van der Waals surface area contributed by atoms with Crippen LogP contribution in [0.2, 0.25) is 0 Å². The highest BCUT2D eigenvalue weighted by atomic mass is 19.1. The molecule has 1 aromatic carbocycles. The van der Waals surface area contributed by atoms with Gasteiger partial charge in [-0.1, -0.05) is 12.1 Å². The summed E-state index contributed by atoms with van der Waals surface area (Å²) >= 11 is 0. The van der Waals surface area contributed by atoms with E-state index in [1.54, 1.807) is 36.9 Å². The minimum atomic E-state index is -1.15. The Bertz CT molecular complexity index is 994. The third-order valence-corrected chi connectivity index (χ3v) is 4.03. The molecule has 140 valence electrons. The van der Waals surface area contributed by atoms with E-state index < -0.39 is 16.4 Å². The van der Waals surface area contributed by atoms with E-state index in [0.717, 1.165) is 11.8 Å². The average molecular weight is 372 g/mol. The van der Waals surface area contributed by atoms with Crippen LogP contribution in [-0.4, -0.2) is 30.4 Å². The summed E-state index contributed by atoms with van der Waals surface area (Å²) in [6.45, 7) is 3.54. The third kappa shape index (κ3) is 4.00. The Labute approximate surface area is 153 Å². The van der Waals surface area contributed by atoms with E-state index in [0.29, 0.717) is 12.2 Å². The normalized spacial score (nSPS) is 11.4. The number of aromatic nitrogens is 4. The van der Waals surface area contributed by atoms with Crippen molar-refractivity contribution in [3.05, 3.63) is 70.5 Å². The maximum absolute atomic E-state index is 13.3. The van der Waals surface area contributed by atoms with E-state index in [4.69, 9.17) is 0 Å². The largest absolute Gasteiger partial charge is 0.321 e. The second-order valence-corrected chi connectivity index (χ2v) is 6.47. The second-order valence-electron chi connectivity index (χ2n) is 6.47. The first-order valence-electron chi connectivity index (χ1n) is 8.03. The van der Waals surface area contributed by atoms with Crippen LogP contribution in [0.4, 0.5) is 15.8 Å². The summed E-state index contributed by atoms with van der Waals surface area (Å²) in [7, 11) is 0. The monoisotopic (exact) mass is 372 g/mol. The van der Waals surface area contributed by atoms with Crippen LogP contribution in [0.15, 0.2) is 49.1 Å². The van der Waals surface area contributed by atoms with E-state index in [2.05, 4.69) is 15.5 Å². The molecule has 0 fully saturated rings. The van der Waals surface area contributed by atoms with Crippen molar-refractivity contribution in [3.63, 3.8) is 0 Å². The molecule has 0 atom stereocenters. The van der Waals surface area contributed by atoms with Gasteiger partial charge in [-0.3, -0.25) is 24.3 Å². The van der Waals surface area contributed by atoms with Gasteiger partial charge < -0.3 is 5.32 Å². The summed E-state index contributed by atoms with van der Waals surface area (Å²) < 4.78 is 16.1. The van der Waals surface area contributed by atoms with Gasteiger partial charge in [-0.2, -0.15) is 10.2 Å². The Kier molecular flexibility index (Phi) is 4.72. The Morgan fingerprint density at radius 3 is 2.74 bits per heavy atom. The molecule has 27 heavy (non-hydrogen) atoms. The summed E-state index contributed by atoms with van der Waals surface area (Å²) in [5.41, 5.74) is -0.163. The zero-order valence-electron chi connectivity index (χ0n) is 14.7. The minimum absolute atomic E-state index is 0.196. The molecule has 3 aromatic rings. The molecule has 0 aliphatic rings. The molecular formula is C17H17FN6O3. The van der Waals surface area contributed by atoms with Gasteiger partial charge in [0, 0.05) is 6.20 Å². The molecular weight excluding hydrogens is 355 g/mol. The van der Waals surface area contributed by atoms with Crippen LogP contribution in [-0.2, 0) is 16.9 Å². The molecule has 0 radical (unpaired) electrons. The molecule has 3 rings (SSSR count). The molecule has 0 aliphatic heterocycles. The van der Waals surface area contributed by atoms with Gasteiger partial charge in [0.25, 0.3) is 5.91 Å². The quantitative estimate of drug-likeness (QED) is 0.528. The van der Waals surface area contributed by atoms with Crippen molar-refractivity contribution in [1.29, 1.82) is 0 Å². The first-order valence-corrected chi connectivity index (χ1v) is 8.03. The lowest BCUT2D eigenvalue weighted by molar-refractivity contribution is -0.385. The molecule has 9 nitrogen and oxygen atoms in total. The van der Waals surface area contributed by atoms with E-state index >= 15 is 0 Å². The molecule has 1 N–H and O–H groups in total. The van der Waals surface area contributed by atoms with E-state index in [9.17, 15) is 19.3 Å². The number of anilines is 1. The summed E-state index contributed by atoms with van der Waals surface area (Å²) in [6.07, 6.45) is 5.38. The standard InChI is InChI=1S/C17H17FN6O3/c1-17(2,23-11-15(8-20-23)24(26)27)16(25)21-14-7-19-22(10-14)9-12-4-3-5-13(18)6-12/h3-8,10-11H,9H2,1-2H3,(H,21,25). The van der Waals surface area contributed by atoms with Crippen LogP contribution >= 0.6 is 0 Å². The van der Waals surface area contributed by atoms with Crippen molar-refractivity contribution in [2.45, 2.75) is 25.9 Å². The van der Waals surface area contributed by atoms with Crippen LogP contribution in [0, 0.1) is 15.9 Å². The van der Waals surface area contributed by atoms with Gasteiger partial charge in [0.15, 0.2) is 0 Å². The summed E-state index contributed by atoms with van der Waals surface area (Å²) in [5, 5.41) is 21.5. The van der Waals surface area contributed by atoms with Crippen molar-refractivity contribution < 1.29 is 14.1 Å². The average Bonchev–Trinajstić information content (AvgIpc) is 3.25. The molecule has 0 saturated heterocycles. The van der Waals surface area contributed by atoms with Gasteiger partial charge >= 0.3 is 5.69 Å². The Balaban J connectivity index is 1.70. The zero-order chi connectivity index (χ0) is 19.6. The van der Waals surface area contributed by atoms with Gasteiger partial charge in [0.1, 0.15) is 23.7 Å². The fourth-order valence-electron chi connectivity index (χ4n) is 2.44. The number of benzene rings is 1. The Hall–Kier alpha value is -3.56. The second kappa shape index (κ2) is 6.98. The fraction of sp³-hybridized carbons (Fsp3) is 0.235. The Morgan fingerprint density at radius 1 is 1.30 bits per heavy atom. The summed E-state index contributed by atoms with van der Waals surface area (Å²) in [6, 6.07) is 6.16. The summed E-state index contributed by atoms with van der Waals surface area (Å²) in [5.74, 6) is -0.742. The molecule has 0 aliphatic carbocycles. The van der Waals surface area contributed by atoms with Crippen molar-refractivity contribution >= 4 is 17.3 Å². The summed E-state index contributed by atoms with van der Waals surface area (Å²) in [4.78, 5) is 22.8. The highest BCUT2D eigenvalue weighted by Gasteiger charge is 2.32. The van der Waals surface area contributed by atoms with Crippen LogP contribution in [0.5, 0.6) is 0 Å². The van der Waals surface area contributed by atoms with Gasteiger partial charge in [-0.05, 0) is 31.5 Å². The zero-order valence-corrected chi connectivity index (χ0v) is 14.7. The van der Waals surface area contributed by atoms with Gasteiger partial charge in [-0.25, -0.2) is 4.39 Å². The number of rotatable bonds is 6. The number of hydrogen-bond acceptors (Lipinski definition) is 5. The maximum Gasteiger partial charge on any atom is 0.307 e. The van der Waals surface area contributed by atoms with Crippen LogP contribution in [0.1, 0.15) is 19.4 Å². The lowest BCUT2D eigenvalue weighted by Crippen LogP contribution is -2.40. The van der Waals surface area contributed by atoms with Crippen LogP contribution in [0.25, 0.3) is 0 Å². The van der Waals surface area contributed by atoms with Gasteiger partial charge in [0.05, 0.1) is 23.4 Å². The maximum atomic E-state index is 13.3. The number of nitrogens with one attached hydrogen (secondary N) is 1. The first-order chi connectivity index (χ1) is 12.8. The number of halogens is 1. The van der Waals surface area contributed by atoms with Crippen LogP contribution < -0.4 is 5.32 Å². The number of carbonyl (C=O) groups excluding carboxylic acids is 1. The molecule has 1 amide bonds. The van der Waals surface area contributed by atoms with Crippen LogP contribution in [0.3, 0.4) is 0 Å². The number of amides is 1. The number of carbonyl (C=O) groups is 1. The number of nitrogens with zero attached hydrogens (tertiary/aromatic N) is 5. The smallest absolute Gasteiger partial charge is 0.307 e. The minimum Gasteiger partial charge on any atom is -0.321 e. The molecule has 0 bridgehead atoms. The Morgan fingerprint density at radius 2 is 2.07 bits per heavy atom. The van der Waals surface area contributed by atoms with E-state index in [-0.39, 0.29) is 11.5 Å². The van der Waals surface area contributed by atoms with Gasteiger partial charge in [-0.15, -0.1) is 0 Å². The van der Waals surface area contributed by atoms with Crippen molar-refractivity contribution in [2.75, 3.05) is 5.32 Å². The molecule has 0 spiro atoms. The molecule has 0 saturated carbocycles. The number of nitro groups is 1. The highest BCUT2D eigenvalue weighted by molar-refractivity contribution is 5.95. The SMILES string of the molecule is CC(C)(C(=O)Nc1cnn(Cc2cccc(F)c2)c1)n1cc([N+](=O)[O-])cn1. The fourth-order valence-corrected chi connectivity index (χ4v) is 2.44. The van der Waals surface area contributed by atoms with Crippen molar-refractivity contribution in [2.24, 2.45) is 0 Å². The van der Waals surface area contributed by atoms with Crippen molar-refractivity contribution in [1.82, 2.24) is 19.6 Å². The van der Waals surface area contributed by atoms with E-state index in [1.165, 1.54) is 29.2 Å². The predicted molar refractivity (Wildman–Crippen MR) is 94.6 cm³/mol. The molecule has 2 aromatic heterocycles. The molecule has 0 unspecified atom stereocenters. The van der Waals surface area contributed by atoms with Crippen molar-refractivity contribution in [3.8, 4) is 0 Å². The lowest BCUT2D eigenvalue weighted by atomic mass is 10.1. The third-order valence-electron chi connectivity index (χ3n) is 4.03. The first kappa shape index (κ1) is 18.2. The predicted octanol–water partition coefficient (Wildman–Crippen LogP) is 2.55. The molecule has 2 heterocycles. The molecule has 10 heteroatoms. The topological polar surface area (TPSA) is 108 Å².